The number of terminal acetylenes is 1. The highest BCUT2D eigenvalue weighted by Crippen LogP contribution is 2.35. The molecule has 7 nitrogen and oxygen atoms in total. The lowest BCUT2D eigenvalue weighted by Crippen LogP contribution is -2.07. The maximum Gasteiger partial charge on any atom is 0.233 e. The molecule has 1 aromatic carbocycles. The third-order valence-electron chi connectivity index (χ3n) is 4.55. The lowest BCUT2D eigenvalue weighted by Gasteiger charge is -2.08. The number of allylic oxidation sites excluding steroid dienone is 3. The number of aromatic hydroxyl groups is 1. The van der Waals surface area contributed by atoms with Crippen LogP contribution in [-0.2, 0) is 11.3 Å². The number of rotatable bonds is 6. The third-order valence-corrected chi connectivity index (χ3v) is 5.52. The zero-order valence-corrected chi connectivity index (χ0v) is 17.1. The van der Waals surface area contributed by atoms with Gasteiger partial charge in [-0.1, -0.05) is 24.1 Å². The number of hydrogen-bond donors (Lipinski definition) is 2. The second-order valence-corrected chi connectivity index (χ2v) is 7.29. The lowest BCUT2D eigenvalue weighted by molar-refractivity contribution is 0.188. The summed E-state index contributed by atoms with van der Waals surface area (Å²) in [5.41, 5.74) is 9.73. The molecule has 3 aromatic heterocycles. The number of imidazole rings is 1. The molecule has 0 radical (unpaired) electrons. The summed E-state index contributed by atoms with van der Waals surface area (Å²) in [6, 6.07) is 7.78. The first kappa shape index (κ1) is 19.6. The molecular formula is C22H19N5O2S. The van der Waals surface area contributed by atoms with Crippen molar-refractivity contribution in [3.05, 3.63) is 53.4 Å². The standard InChI is InChI=1S/C22H19N5O2S/c1-3-4-5-8-15(23)14-13-30-19-18(14)25-20(26-22(19)28)21-24-16-9-6-7-10-17(16)27(21)11-12-29-2/h1,4-10,13H,11-12,23H2,2H3,(H,25,26,28)/b5-4-,15-8-. The molecular weight excluding hydrogens is 398 g/mol. The van der Waals surface area contributed by atoms with E-state index < -0.39 is 0 Å². The molecule has 0 bridgehead atoms. The molecule has 0 unspecified atom stereocenters. The Hall–Kier alpha value is -3.67. The monoisotopic (exact) mass is 417 g/mol. The number of fused-ring (bicyclic) bond motifs is 2. The van der Waals surface area contributed by atoms with E-state index in [1.165, 1.54) is 11.3 Å². The summed E-state index contributed by atoms with van der Waals surface area (Å²) >= 11 is 1.33. The molecule has 30 heavy (non-hydrogen) atoms. The van der Waals surface area contributed by atoms with Gasteiger partial charge in [0.1, 0.15) is 4.70 Å². The van der Waals surface area contributed by atoms with Crippen LogP contribution in [0, 0.1) is 12.3 Å². The van der Waals surface area contributed by atoms with Crippen LogP contribution in [0.15, 0.2) is 47.9 Å². The second kappa shape index (κ2) is 8.37. The molecule has 0 aliphatic rings. The first-order valence-electron chi connectivity index (χ1n) is 9.15. The predicted octanol–water partition coefficient (Wildman–Crippen LogP) is 3.55. The summed E-state index contributed by atoms with van der Waals surface area (Å²) in [7, 11) is 1.65. The Kier molecular flexibility index (Phi) is 5.48. The average molecular weight is 417 g/mol. The quantitative estimate of drug-likeness (QED) is 0.368. The molecule has 4 rings (SSSR count). The Bertz CT molecular complexity index is 1330. The smallest absolute Gasteiger partial charge is 0.233 e. The number of hydrogen-bond acceptors (Lipinski definition) is 7. The number of thiophene rings is 1. The number of aromatic nitrogens is 4. The van der Waals surface area contributed by atoms with Crippen molar-refractivity contribution < 1.29 is 9.84 Å². The van der Waals surface area contributed by atoms with Gasteiger partial charge in [-0.3, -0.25) is 0 Å². The summed E-state index contributed by atoms with van der Waals surface area (Å²) in [6.45, 7) is 1.08. The molecule has 0 saturated heterocycles. The number of methoxy groups -OCH3 is 1. The van der Waals surface area contributed by atoms with Crippen LogP contribution in [0.1, 0.15) is 5.56 Å². The SMILES string of the molecule is C#C/C=C\C=C(/N)c1csc2c(O)nc(-c3nc4ccccc4n3CCOC)nc12. The van der Waals surface area contributed by atoms with Crippen LogP contribution in [-0.4, -0.2) is 38.3 Å². The van der Waals surface area contributed by atoms with Crippen LogP contribution in [0.25, 0.3) is 38.6 Å². The highest BCUT2D eigenvalue weighted by molar-refractivity contribution is 7.17. The average Bonchev–Trinajstić information content (AvgIpc) is 3.34. The van der Waals surface area contributed by atoms with Crippen molar-refractivity contribution in [3.8, 4) is 29.9 Å². The zero-order valence-electron chi connectivity index (χ0n) is 16.2. The van der Waals surface area contributed by atoms with Crippen LogP contribution in [0.5, 0.6) is 5.88 Å². The molecule has 3 N–H and O–H groups in total. The minimum Gasteiger partial charge on any atom is -0.492 e. The fourth-order valence-electron chi connectivity index (χ4n) is 3.16. The third kappa shape index (κ3) is 3.52. The Labute approximate surface area is 177 Å². The molecule has 0 saturated carbocycles. The fraction of sp³-hybridized carbons (Fsp3) is 0.136. The first-order valence-corrected chi connectivity index (χ1v) is 10.0. The predicted molar refractivity (Wildman–Crippen MR) is 120 cm³/mol. The molecule has 4 aromatic rings. The second-order valence-electron chi connectivity index (χ2n) is 6.41. The Morgan fingerprint density at radius 3 is 2.97 bits per heavy atom. The molecule has 0 fully saturated rings. The van der Waals surface area contributed by atoms with Crippen molar-refractivity contribution in [1.82, 2.24) is 19.5 Å². The van der Waals surface area contributed by atoms with E-state index in [9.17, 15) is 5.11 Å². The van der Waals surface area contributed by atoms with Gasteiger partial charge < -0.3 is 20.1 Å². The first-order chi connectivity index (χ1) is 14.6. The minimum absolute atomic E-state index is 0.108. The van der Waals surface area contributed by atoms with Crippen LogP contribution in [0.2, 0.25) is 0 Å². The van der Waals surface area contributed by atoms with Gasteiger partial charge in [-0.05, 0) is 24.3 Å². The van der Waals surface area contributed by atoms with Gasteiger partial charge in [0.15, 0.2) is 11.6 Å². The van der Waals surface area contributed by atoms with Crippen molar-refractivity contribution in [2.75, 3.05) is 13.7 Å². The molecule has 0 aliphatic carbocycles. The molecule has 3 heterocycles. The van der Waals surface area contributed by atoms with E-state index in [4.69, 9.17) is 26.9 Å². The number of nitrogens with two attached hydrogens (primary N) is 1. The van der Waals surface area contributed by atoms with E-state index in [0.717, 1.165) is 11.0 Å². The van der Waals surface area contributed by atoms with E-state index in [1.54, 1.807) is 25.3 Å². The van der Waals surface area contributed by atoms with Crippen molar-refractivity contribution in [1.29, 1.82) is 0 Å². The van der Waals surface area contributed by atoms with Crippen molar-refractivity contribution in [2.45, 2.75) is 6.54 Å². The molecule has 0 amide bonds. The van der Waals surface area contributed by atoms with Gasteiger partial charge in [-0.15, -0.1) is 17.8 Å². The zero-order chi connectivity index (χ0) is 21.1. The van der Waals surface area contributed by atoms with E-state index in [0.29, 0.717) is 46.3 Å². The van der Waals surface area contributed by atoms with Gasteiger partial charge in [0.25, 0.3) is 0 Å². The van der Waals surface area contributed by atoms with Crippen molar-refractivity contribution in [3.63, 3.8) is 0 Å². The number of benzene rings is 1. The highest BCUT2D eigenvalue weighted by atomic mass is 32.1. The van der Waals surface area contributed by atoms with E-state index in [1.807, 2.05) is 34.2 Å². The van der Waals surface area contributed by atoms with E-state index in [-0.39, 0.29) is 5.88 Å². The Balaban J connectivity index is 1.90. The van der Waals surface area contributed by atoms with E-state index >= 15 is 0 Å². The van der Waals surface area contributed by atoms with Crippen molar-refractivity contribution >= 4 is 38.3 Å². The minimum atomic E-state index is -0.108. The summed E-state index contributed by atoms with van der Waals surface area (Å²) in [5, 5.41) is 12.4. The van der Waals surface area contributed by atoms with Gasteiger partial charge in [0.05, 0.1) is 23.2 Å². The number of nitrogens with zero attached hydrogens (tertiary/aromatic N) is 4. The Morgan fingerprint density at radius 2 is 2.17 bits per heavy atom. The maximum absolute atomic E-state index is 10.6. The maximum atomic E-state index is 10.6. The van der Waals surface area contributed by atoms with Crippen LogP contribution in [0.3, 0.4) is 0 Å². The van der Waals surface area contributed by atoms with Gasteiger partial charge >= 0.3 is 0 Å². The van der Waals surface area contributed by atoms with Crippen molar-refractivity contribution in [2.24, 2.45) is 5.73 Å². The lowest BCUT2D eigenvalue weighted by atomic mass is 10.2. The summed E-state index contributed by atoms with van der Waals surface area (Å²) in [6.07, 6.45) is 10.2. The number of para-hydroxylation sites is 2. The molecule has 8 heteroatoms. The molecule has 150 valence electrons. The topological polar surface area (TPSA) is 99.1 Å². The van der Waals surface area contributed by atoms with Gasteiger partial charge in [-0.2, -0.15) is 4.98 Å². The van der Waals surface area contributed by atoms with Crippen LogP contribution in [0.4, 0.5) is 0 Å². The molecule has 0 spiro atoms. The largest absolute Gasteiger partial charge is 0.492 e. The van der Waals surface area contributed by atoms with Gasteiger partial charge in [-0.25, -0.2) is 9.97 Å². The van der Waals surface area contributed by atoms with Gasteiger partial charge in [0, 0.05) is 30.3 Å². The number of ether oxygens (including phenoxy) is 1. The molecule has 0 aliphatic heterocycles. The Morgan fingerprint density at radius 1 is 1.33 bits per heavy atom. The summed E-state index contributed by atoms with van der Waals surface area (Å²) in [4.78, 5) is 13.7. The molecule has 0 atom stereocenters. The summed E-state index contributed by atoms with van der Waals surface area (Å²) < 4.78 is 7.80. The van der Waals surface area contributed by atoms with Crippen LogP contribution < -0.4 is 5.73 Å². The fourth-order valence-corrected chi connectivity index (χ4v) is 4.06. The van der Waals surface area contributed by atoms with Crippen LogP contribution >= 0.6 is 11.3 Å². The summed E-state index contributed by atoms with van der Waals surface area (Å²) in [5.74, 6) is 3.18. The highest BCUT2D eigenvalue weighted by Gasteiger charge is 2.20. The van der Waals surface area contributed by atoms with Gasteiger partial charge in [0.2, 0.25) is 5.88 Å². The normalized spacial score (nSPS) is 12.2. The van der Waals surface area contributed by atoms with E-state index in [2.05, 4.69) is 10.9 Å².